The minimum absolute atomic E-state index is 0.236. The van der Waals surface area contributed by atoms with E-state index in [0.29, 0.717) is 11.3 Å². The van der Waals surface area contributed by atoms with Crippen LogP contribution >= 0.6 is 0 Å². The van der Waals surface area contributed by atoms with E-state index in [0.717, 1.165) is 11.3 Å². The third-order valence-corrected chi connectivity index (χ3v) is 4.47. The number of benzene rings is 3. The van der Waals surface area contributed by atoms with Crippen molar-refractivity contribution in [2.45, 2.75) is 6.17 Å². The molecule has 130 valence electrons. The molecule has 1 amide bonds. The zero-order chi connectivity index (χ0) is 18.1. The maximum Gasteiger partial charge on any atom is 0.262 e. The molecule has 1 aliphatic heterocycles. The van der Waals surface area contributed by atoms with Gasteiger partial charge in [0.05, 0.1) is 18.4 Å². The summed E-state index contributed by atoms with van der Waals surface area (Å²) >= 11 is 0. The number of hydrogen-bond donors (Lipinski definition) is 1. The molecule has 4 nitrogen and oxygen atoms in total. The Morgan fingerprint density at radius 2 is 1.65 bits per heavy atom. The molecule has 3 aromatic rings. The summed E-state index contributed by atoms with van der Waals surface area (Å²) < 4.78 is 19.7. The minimum atomic E-state index is -0.528. The number of methoxy groups -OCH3 is 1. The highest BCUT2D eigenvalue weighted by Gasteiger charge is 2.35. The Morgan fingerprint density at radius 3 is 2.38 bits per heavy atom. The van der Waals surface area contributed by atoms with Crippen LogP contribution in [0, 0.1) is 5.82 Å². The van der Waals surface area contributed by atoms with Gasteiger partial charge in [0.25, 0.3) is 5.91 Å². The molecule has 3 aromatic carbocycles. The molecule has 4 rings (SSSR count). The number of carbonyl (C=O) groups is 1. The van der Waals surface area contributed by atoms with Crippen molar-refractivity contribution in [1.82, 2.24) is 0 Å². The number of carbonyl (C=O) groups excluding carboxylic acids is 1. The number of rotatable bonds is 3. The van der Waals surface area contributed by atoms with Gasteiger partial charge in [-0.05, 0) is 42.0 Å². The van der Waals surface area contributed by atoms with E-state index in [1.54, 1.807) is 37.4 Å². The van der Waals surface area contributed by atoms with Crippen molar-refractivity contribution in [3.05, 3.63) is 89.7 Å². The summed E-state index contributed by atoms with van der Waals surface area (Å²) in [7, 11) is 1.60. The summed E-state index contributed by atoms with van der Waals surface area (Å²) in [5, 5.41) is 3.35. The molecule has 1 unspecified atom stereocenters. The first-order chi connectivity index (χ1) is 12.7. The zero-order valence-corrected chi connectivity index (χ0v) is 14.1. The molecule has 1 atom stereocenters. The lowest BCUT2D eigenvalue weighted by molar-refractivity contribution is 0.0974. The zero-order valence-electron chi connectivity index (χ0n) is 14.1. The number of para-hydroxylation sites is 2. The van der Waals surface area contributed by atoms with Crippen molar-refractivity contribution in [3.8, 4) is 5.75 Å². The van der Waals surface area contributed by atoms with E-state index in [9.17, 15) is 9.18 Å². The predicted octanol–water partition coefficient (Wildman–Crippen LogP) is 4.61. The normalized spacial score (nSPS) is 16.0. The van der Waals surface area contributed by atoms with Gasteiger partial charge in [-0.1, -0.05) is 36.4 Å². The summed E-state index contributed by atoms with van der Waals surface area (Å²) in [6.07, 6.45) is -0.528. The summed E-state index contributed by atoms with van der Waals surface area (Å²) in [5.74, 6) is 0.0274. The third-order valence-electron chi connectivity index (χ3n) is 4.47. The van der Waals surface area contributed by atoms with Gasteiger partial charge in [-0.3, -0.25) is 9.69 Å². The Morgan fingerprint density at radius 1 is 0.962 bits per heavy atom. The molecular weight excluding hydrogens is 331 g/mol. The van der Waals surface area contributed by atoms with E-state index in [-0.39, 0.29) is 11.6 Å². The molecule has 0 saturated carbocycles. The highest BCUT2D eigenvalue weighted by atomic mass is 19.1. The smallest absolute Gasteiger partial charge is 0.262 e. The van der Waals surface area contributed by atoms with Crippen molar-refractivity contribution in [3.63, 3.8) is 0 Å². The van der Waals surface area contributed by atoms with E-state index in [2.05, 4.69) is 5.32 Å². The number of nitrogens with one attached hydrogen (secondary N) is 1. The Bertz CT molecular complexity index is 956. The minimum Gasteiger partial charge on any atom is -0.497 e. The molecule has 5 heteroatoms. The molecule has 0 aliphatic carbocycles. The van der Waals surface area contributed by atoms with Crippen LogP contribution in [0.3, 0.4) is 0 Å². The monoisotopic (exact) mass is 348 g/mol. The van der Waals surface area contributed by atoms with E-state index in [1.807, 2.05) is 36.4 Å². The summed E-state index contributed by atoms with van der Waals surface area (Å²) in [6, 6.07) is 20.9. The highest BCUT2D eigenvalue weighted by molar-refractivity contribution is 6.12. The Labute approximate surface area is 150 Å². The first-order valence-electron chi connectivity index (χ1n) is 8.26. The standard InChI is InChI=1S/C21H17FN2O2/c1-26-15-12-10-14(11-13-15)20-23-18-8-4-2-6-16(18)21(25)24(20)19-9-5-3-7-17(19)22/h2-13,20,23H,1H3. The Kier molecular flexibility index (Phi) is 4.05. The predicted molar refractivity (Wildman–Crippen MR) is 99.0 cm³/mol. The molecule has 0 bridgehead atoms. The fourth-order valence-electron chi connectivity index (χ4n) is 3.17. The van der Waals surface area contributed by atoms with Crippen LogP contribution < -0.4 is 15.0 Å². The maximum atomic E-state index is 14.5. The van der Waals surface area contributed by atoms with E-state index < -0.39 is 12.0 Å². The van der Waals surface area contributed by atoms with E-state index >= 15 is 0 Å². The largest absolute Gasteiger partial charge is 0.497 e. The molecule has 26 heavy (non-hydrogen) atoms. The van der Waals surface area contributed by atoms with Crippen LogP contribution in [0.4, 0.5) is 15.8 Å². The lowest BCUT2D eigenvalue weighted by Gasteiger charge is -2.38. The van der Waals surface area contributed by atoms with E-state index in [1.165, 1.54) is 11.0 Å². The molecule has 1 aliphatic rings. The number of halogens is 1. The fourth-order valence-corrected chi connectivity index (χ4v) is 3.17. The van der Waals surface area contributed by atoms with E-state index in [4.69, 9.17) is 4.74 Å². The van der Waals surface area contributed by atoms with Gasteiger partial charge in [0.2, 0.25) is 0 Å². The van der Waals surface area contributed by atoms with Crippen molar-refractivity contribution >= 4 is 17.3 Å². The third kappa shape index (κ3) is 2.67. The topological polar surface area (TPSA) is 41.6 Å². The van der Waals surface area contributed by atoms with Gasteiger partial charge in [0.1, 0.15) is 17.7 Å². The summed E-state index contributed by atoms with van der Waals surface area (Å²) in [6.45, 7) is 0. The van der Waals surface area contributed by atoms with Crippen LogP contribution in [-0.2, 0) is 0 Å². The Balaban J connectivity index is 1.86. The number of hydrogen-bond acceptors (Lipinski definition) is 3. The van der Waals surface area contributed by atoms with Crippen LogP contribution in [0.1, 0.15) is 22.1 Å². The van der Waals surface area contributed by atoms with Gasteiger partial charge in [-0.25, -0.2) is 4.39 Å². The number of ether oxygens (including phenoxy) is 1. The van der Waals surface area contributed by atoms with Crippen LogP contribution in [0.15, 0.2) is 72.8 Å². The highest BCUT2D eigenvalue weighted by Crippen LogP contribution is 2.37. The van der Waals surface area contributed by atoms with Crippen molar-refractivity contribution in [2.24, 2.45) is 0 Å². The van der Waals surface area contributed by atoms with Crippen molar-refractivity contribution in [2.75, 3.05) is 17.3 Å². The Hall–Kier alpha value is -3.34. The summed E-state index contributed by atoms with van der Waals surface area (Å²) in [5.41, 5.74) is 2.31. The van der Waals surface area contributed by atoms with Crippen LogP contribution in [-0.4, -0.2) is 13.0 Å². The number of nitrogens with zero attached hydrogens (tertiary/aromatic N) is 1. The first-order valence-corrected chi connectivity index (χ1v) is 8.26. The molecule has 0 spiro atoms. The lowest BCUT2D eigenvalue weighted by atomic mass is 10.0. The molecule has 0 saturated heterocycles. The second-order valence-electron chi connectivity index (χ2n) is 5.99. The SMILES string of the molecule is COc1ccc(C2Nc3ccccc3C(=O)N2c2ccccc2F)cc1. The number of amides is 1. The quantitative estimate of drug-likeness (QED) is 0.752. The maximum absolute atomic E-state index is 14.5. The second-order valence-corrected chi connectivity index (χ2v) is 5.99. The fraction of sp³-hybridized carbons (Fsp3) is 0.0952. The molecule has 0 fully saturated rings. The molecule has 0 radical (unpaired) electrons. The van der Waals surface area contributed by atoms with Gasteiger partial charge in [-0.15, -0.1) is 0 Å². The molecule has 0 aromatic heterocycles. The lowest BCUT2D eigenvalue weighted by Crippen LogP contribution is -2.43. The molecule has 1 heterocycles. The number of anilines is 2. The van der Waals surface area contributed by atoms with Crippen LogP contribution in [0.25, 0.3) is 0 Å². The molecule has 1 N–H and O–H groups in total. The summed E-state index contributed by atoms with van der Waals surface area (Å²) in [4.78, 5) is 14.6. The van der Waals surface area contributed by atoms with Crippen LogP contribution in [0.2, 0.25) is 0 Å². The van der Waals surface area contributed by atoms with Gasteiger partial charge < -0.3 is 10.1 Å². The van der Waals surface area contributed by atoms with Crippen molar-refractivity contribution in [1.29, 1.82) is 0 Å². The average Bonchev–Trinajstić information content (AvgIpc) is 2.69. The van der Waals surface area contributed by atoms with Crippen molar-refractivity contribution < 1.29 is 13.9 Å². The molecular formula is C21H17FN2O2. The number of fused-ring (bicyclic) bond motifs is 1. The van der Waals surface area contributed by atoms with Gasteiger partial charge >= 0.3 is 0 Å². The average molecular weight is 348 g/mol. The second kappa shape index (κ2) is 6.52. The van der Waals surface area contributed by atoms with Gasteiger partial charge in [-0.2, -0.15) is 0 Å². The van der Waals surface area contributed by atoms with Gasteiger partial charge in [0.15, 0.2) is 0 Å². The first kappa shape index (κ1) is 16.1. The van der Waals surface area contributed by atoms with Gasteiger partial charge in [0, 0.05) is 5.69 Å². The van der Waals surface area contributed by atoms with Crippen LogP contribution in [0.5, 0.6) is 5.75 Å².